The zero-order valence-electron chi connectivity index (χ0n) is 7.26. The minimum atomic E-state index is 0.654. The lowest BCUT2D eigenvalue weighted by molar-refractivity contribution is 0.623. The second-order valence-corrected chi connectivity index (χ2v) is 3.86. The molecule has 0 aliphatic heterocycles. The lowest BCUT2D eigenvalue weighted by Gasteiger charge is -2.00. The molecule has 0 N–H and O–H groups in total. The quantitative estimate of drug-likeness (QED) is 0.575. The molecule has 0 fully saturated rings. The zero-order valence-corrected chi connectivity index (χ0v) is 8.02. The topological polar surface area (TPSA) is 25.8 Å². The molecule has 0 aromatic carbocycles. The minimum Gasteiger partial charge on any atom is -0.238 e. The summed E-state index contributed by atoms with van der Waals surface area (Å²) < 4.78 is 0. The molecule has 1 heterocycles. The van der Waals surface area contributed by atoms with E-state index in [0.717, 1.165) is 29.9 Å². The lowest BCUT2D eigenvalue weighted by Crippen LogP contribution is -1.96. The van der Waals surface area contributed by atoms with Crippen LogP contribution in [0.2, 0.25) is 5.15 Å². The van der Waals surface area contributed by atoms with E-state index in [1.807, 2.05) is 6.92 Å². The van der Waals surface area contributed by atoms with Gasteiger partial charge in [0.1, 0.15) is 11.0 Å². The van der Waals surface area contributed by atoms with E-state index in [-0.39, 0.29) is 0 Å². The Morgan fingerprint density at radius 2 is 2.08 bits per heavy atom. The summed E-state index contributed by atoms with van der Waals surface area (Å²) in [5, 5.41) is 0.654. The highest BCUT2D eigenvalue weighted by molar-refractivity contribution is 6.30. The third-order valence-corrected chi connectivity index (χ3v) is 2.56. The van der Waals surface area contributed by atoms with Gasteiger partial charge in [0.2, 0.25) is 0 Å². The van der Waals surface area contributed by atoms with Crippen LogP contribution < -0.4 is 0 Å². The molecular formula is C9H11ClN2. The average molecular weight is 183 g/mol. The van der Waals surface area contributed by atoms with Gasteiger partial charge >= 0.3 is 0 Å². The maximum Gasteiger partial charge on any atom is 0.136 e. The van der Waals surface area contributed by atoms with Crippen molar-refractivity contribution in [2.45, 2.75) is 26.7 Å². The molecule has 0 saturated heterocycles. The molecule has 2 nitrogen and oxygen atoms in total. The van der Waals surface area contributed by atoms with E-state index in [2.05, 4.69) is 16.9 Å². The van der Waals surface area contributed by atoms with Crippen molar-refractivity contribution in [3.05, 3.63) is 22.2 Å². The summed E-state index contributed by atoms with van der Waals surface area (Å²) in [6.45, 7) is 4.10. The summed E-state index contributed by atoms with van der Waals surface area (Å²) in [6, 6.07) is 0. The van der Waals surface area contributed by atoms with Gasteiger partial charge in [0.15, 0.2) is 0 Å². The molecule has 64 valence electrons. The largest absolute Gasteiger partial charge is 0.238 e. The molecule has 0 amide bonds. The van der Waals surface area contributed by atoms with Crippen LogP contribution in [0.5, 0.6) is 0 Å². The SMILES string of the molecule is Cc1nc(Cl)c2c(n1)C[C@H](C)C2. The maximum atomic E-state index is 5.99. The van der Waals surface area contributed by atoms with Gasteiger partial charge in [-0.15, -0.1) is 0 Å². The van der Waals surface area contributed by atoms with Crippen LogP contribution in [0.25, 0.3) is 0 Å². The van der Waals surface area contributed by atoms with Crippen molar-refractivity contribution in [1.29, 1.82) is 0 Å². The van der Waals surface area contributed by atoms with Crippen LogP contribution in [-0.4, -0.2) is 9.97 Å². The highest BCUT2D eigenvalue weighted by atomic mass is 35.5. The predicted octanol–water partition coefficient (Wildman–Crippen LogP) is 2.17. The number of hydrogen-bond donors (Lipinski definition) is 0. The molecule has 1 atom stereocenters. The number of rotatable bonds is 0. The number of fused-ring (bicyclic) bond motifs is 1. The Labute approximate surface area is 77.0 Å². The molecule has 12 heavy (non-hydrogen) atoms. The van der Waals surface area contributed by atoms with Gasteiger partial charge in [-0.25, -0.2) is 9.97 Å². The molecule has 0 unspecified atom stereocenters. The fraction of sp³-hybridized carbons (Fsp3) is 0.556. The van der Waals surface area contributed by atoms with E-state index in [4.69, 9.17) is 11.6 Å². The van der Waals surface area contributed by atoms with Gasteiger partial charge in [-0.2, -0.15) is 0 Å². The van der Waals surface area contributed by atoms with E-state index in [0.29, 0.717) is 11.1 Å². The third-order valence-electron chi connectivity index (χ3n) is 2.25. The number of nitrogens with zero attached hydrogens (tertiary/aromatic N) is 2. The van der Waals surface area contributed by atoms with Crippen molar-refractivity contribution in [2.24, 2.45) is 5.92 Å². The Bertz CT molecular complexity index is 323. The Morgan fingerprint density at radius 3 is 2.83 bits per heavy atom. The van der Waals surface area contributed by atoms with Gasteiger partial charge < -0.3 is 0 Å². The fourth-order valence-electron chi connectivity index (χ4n) is 1.74. The highest BCUT2D eigenvalue weighted by Gasteiger charge is 2.22. The summed E-state index contributed by atoms with van der Waals surface area (Å²) in [6.07, 6.45) is 2.09. The van der Waals surface area contributed by atoms with Crippen molar-refractivity contribution in [1.82, 2.24) is 9.97 Å². The summed E-state index contributed by atoms with van der Waals surface area (Å²) >= 11 is 5.99. The standard InChI is InChI=1S/C9H11ClN2/c1-5-3-7-8(4-5)11-6(2)12-9(7)10/h5H,3-4H2,1-2H3/t5-/m1/s1. The van der Waals surface area contributed by atoms with Gasteiger partial charge in [-0.1, -0.05) is 18.5 Å². The molecule has 0 saturated carbocycles. The van der Waals surface area contributed by atoms with Crippen molar-refractivity contribution in [2.75, 3.05) is 0 Å². The first-order valence-electron chi connectivity index (χ1n) is 4.18. The van der Waals surface area contributed by atoms with Crippen LogP contribution in [0.4, 0.5) is 0 Å². The molecule has 0 spiro atoms. The molecule has 2 rings (SSSR count). The summed E-state index contributed by atoms with van der Waals surface area (Å²) in [5.74, 6) is 1.46. The van der Waals surface area contributed by atoms with E-state index < -0.39 is 0 Å². The second-order valence-electron chi connectivity index (χ2n) is 3.50. The fourth-order valence-corrected chi connectivity index (χ4v) is 2.05. The van der Waals surface area contributed by atoms with Crippen molar-refractivity contribution in [3.63, 3.8) is 0 Å². The van der Waals surface area contributed by atoms with E-state index in [1.165, 1.54) is 0 Å². The van der Waals surface area contributed by atoms with Crippen LogP contribution in [-0.2, 0) is 12.8 Å². The highest BCUT2D eigenvalue weighted by Crippen LogP contribution is 2.29. The van der Waals surface area contributed by atoms with E-state index in [9.17, 15) is 0 Å². The van der Waals surface area contributed by atoms with Gasteiger partial charge in [0.25, 0.3) is 0 Å². The first-order valence-corrected chi connectivity index (χ1v) is 4.56. The maximum absolute atomic E-state index is 5.99. The smallest absolute Gasteiger partial charge is 0.136 e. The molecule has 1 aliphatic carbocycles. The van der Waals surface area contributed by atoms with Crippen LogP contribution in [0.1, 0.15) is 24.0 Å². The van der Waals surface area contributed by atoms with Crippen LogP contribution in [0.15, 0.2) is 0 Å². The minimum absolute atomic E-state index is 0.654. The summed E-state index contributed by atoms with van der Waals surface area (Å²) in [5.41, 5.74) is 2.31. The van der Waals surface area contributed by atoms with Gasteiger partial charge in [-0.3, -0.25) is 0 Å². The monoisotopic (exact) mass is 182 g/mol. The van der Waals surface area contributed by atoms with Crippen molar-refractivity contribution < 1.29 is 0 Å². The zero-order chi connectivity index (χ0) is 8.72. The molecule has 1 aliphatic rings. The first-order chi connectivity index (χ1) is 5.66. The number of aromatic nitrogens is 2. The summed E-state index contributed by atoms with van der Waals surface area (Å²) in [4.78, 5) is 8.50. The number of hydrogen-bond acceptors (Lipinski definition) is 2. The Hall–Kier alpha value is -0.630. The van der Waals surface area contributed by atoms with Gasteiger partial charge in [0.05, 0.1) is 0 Å². The van der Waals surface area contributed by atoms with Crippen LogP contribution >= 0.6 is 11.6 Å². The van der Waals surface area contributed by atoms with Crippen molar-refractivity contribution >= 4 is 11.6 Å². The Morgan fingerprint density at radius 1 is 1.33 bits per heavy atom. The van der Waals surface area contributed by atoms with E-state index >= 15 is 0 Å². The van der Waals surface area contributed by atoms with E-state index in [1.54, 1.807) is 0 Å². The predicted molar refractivity (Wildman–Crippen MR) is 48.4 cm³/mol. The van der Waals surface area contributed by atoms with Crippen LogP contribution in [0.3, 0.4) is 0 Å². The molecule has 3 heteroatoms. The normalized spacial score (nSPS) is 21.1. The van der Waals surface area contributed by atoms with Gasteiger partial charge in [0, 0.05) is 11.3 Å². The van der Waals surface area contributed by atoms with Crippen LogP contribution in [0, 0.1) is 12.8 Å². The third kappa shape index (κ3) is 1.20. The molecule has 1 aromatic rings. The molecule has 1 aromatic heterocycles. The first kappa shape index (κ1) is 7.99. The molecule has 0 radical (unpaired) electrons. The molecular weight excluding hydrogens is 172 g/mol. The van der Waals surface area contributed by atoms with Crippen molar-refractivity contribution in [3.8, 4) is 0 Å². The number of aryl methyl sites for hydroxylation is 1. The van der Waals surface area contributed by atoms with Gasteiger partial charge in [-0.05, 0) is 25.7 Å². The Kier molecular flexibility index (Phi) is 1.80. The number of halogens is 1. The average Bonchev–Trinajstić information content (AvgIpc) is 2.29. The molecule has 0 bridgehead atoms. The summed E-state index contributed by atoms with van der Waals surface area (Å²) in [7, 11) is 0. The second kappa shape index (κ2) is 2.70. The lowest BCUT2D eigenvalue weighted by atomic mass is 10.1. The Balaban J connectivity index is 2.52.